The highest BCUT2D eigenvalue weighted by Gasteiger charge is 2.11. The molecular formula is C13H22N2. The van der Waals surface area contributed by atoms with Crippen molar-refractivity contribution in [3.05, 3.63) is 23.8 Å². The van der Waals surface area contributed by atoms with E-state index >= 15 is 0 Å². The second-order valence-electron chi connectivity index (χ2n) is 4.15. The summed E-state index contributed by atoms with van der Waals surface area (Å²) in [5, 5.41) is 0. The van der Waals surface area contributed by atoms with Crippen molar-refractivity contribution in [2.24, 2.45) is 0 Å². The van der Waals surface area contributed by atoms with Crippen LogP contribution in [0.2, 0.25) is 0 Å². The molecule has 15 heavy (non-hydrogen) atoms. The molecule has 1 aromatic rings. The van der Waals surface area contributed by atoms with E-state index in [0.29, 0.717) is 5.92 Å². The fourth-order valence-corrected chi connectivity index (χ4v) is 1.89. The number of anilines is 2. The number of nitrogens with zero attached hydrogens (tertiary/aromatic N) is 1. The summed E-state index contributed by atoms with van der Waals surface area (Å²) in [5.41, 5.74) is 9.37. The third kappa shape index (κ3) is 2.65. The van der Waals surface area contributed by atoms with Crippen LogP contribution in [0.5, 0.6) is 0 Å². The van der Waals surface area contributed by atoms with Crippen LogP contribution in [0.25, 0.3) is 0 Å². The van der Waals surface area contributed by atoms with E-state index in [2.05, 4.69) is 44.7 Å². The second-order valence-corrected chi connectivity index (χ2v) is 4.15. The first kappa shape index (κ1) is 11.9. The molecule has 0 aliphatic carbocycles. The second kappa shape index (κ2) is 5.06. The lowest BCUT2D eigenvalue weighted by Crippen LogP contribution is -2.23. The number of rotatable bonds is 4. The first-order valence-corrected chi connectivity index (χ1v) is 5.74. The number of nitrogen functional groups attached to an aromatic ring is 1. The molecule has 2 nitrogen and oxygen atoms in total. The van der Waals surface area contributed by atoms with Gasteiger partial charge in [0, 0.05) is 24.5 Å². The Kier molecular flexibility index (Phi) is 4.01. The lowest BCUT2D eigenvalue weighted by atomic mass is 10.00. The molecule has 0 bridgehead atoms. The summed E-state index contributed by atoms with van der Waals surface area (Å²) in [5.74, 6) is 0.543. The van der Waals surface area contributed by atoms with Crippen molar-refractivity contribution in [3.8, 4) is 0 Å². The third-order valence-electron chi connectivity index (χ3n) is 2.78. The molecule has 0 atom stereocenters. The first-order chi connectivity index (χ1) is 7.10. The maximum atomic E-state index is 5.85. The number of hydrogen-bond acceptors (Lipinski definition) is 2. The van der Waals surface area contributed by atoms with Gasteiger partial charge in [-0.15, -0.1) is 0 Å². The van der Waals surface area contributed by atoms with Crippen LogP contribution in [0.1, 0.15) is 39.2 Å². The van der Waals surface area contributed by atoms with Crippen LogP contribution in [0.15, 0.2) is 18.2 Å². The Morgan fingerprint density at radius 3 is 2.27 bits per heavy atom. The van der Waals surface area contributed by atoms with Crippen molar-refractivity contribution in [2.75, 3.05) is 23.7 Å². The van der Waals surface area contributed by atoms with Crippen LogP contribution in [0.3, 0.4) is 0 Å². The Bertz CT molecular complexity index is 314. The Morgan fingerprint density at radius 2 is 1.80 bits per heavy atom. The van der Waals surface area contributed by atoms with Gasteiger partial charge < -0.3 is 10.6 Å². The molecule has 0 amide bonds. The van der Waals surface area contributed by atoms with Gasteiger partial charge in [-0.25, -0.2) is 0 Å². The normalized spacial score (nSPS) is 10.7. The van der Waals surface area contributed by atoms with E-state index in [-0.39, 0.29) is 0 Å². The van der Waals surface area contributed by atoms with Gasteiger partial charge in [-0.1, -0.05) is 19.9 Å². The van der Waals surface area contributed by atoms with Gasteiger partial charge in [-0.3, -0.25) is 0 Å². The number of hydrogen-bond donors (Lipinski definition) is 1. The van der Waals surface area contributed by atoms with E-state index in [0.717, 1.165) is 18.8 Å². The molecule has 1 aromatic carbocycles. The zero-order chi connectivity index (χ0) is 11.4. The summed E-state index contributed by atoms with van der Waals surface area (Å²) in [4.78, 5) is 2.35. The van der Waals surface area contributed by atoms with E-state index in [1.807, 2.05) is 6.07 Å². The summed E-state index contributed by atoms with van der Waals surface area (Å²) in [7, 11) is 0. The topological polar surface area (TPSA) is 29.3 Å². The minimum Gasteiger partial charge on any atom is -0.399 e. The molecule has 0 radical (unpaired) electrons. The van der Waals surface area contributed by atoms with Gasteiger partial charge >= 0.3 is 0 Å². The average Bonchev–Trinajstić information content (AvgIpc) is 2.19. The molecule has 84 valence electrons. The Labute approximate surface area is 93.1 Å². The predicted octanol–water partition coefficient (Wildman–Crippen LogP) is 3.24. The van der Waals surface area contributed by atoms with Crippen LogP contribution in [-0.2, 0) is 0 Å². The van der Waals surface area contributed by atoms with Crippen LogP contribution in [-0.4, -0.2) is 13.1 Å². The molecule has 0 saturated heterocycles. The van der Waals surface area contributed by atoms with Crippen LogP contribution in [0, 0.1) is 0 Å². The number of nitrogens with two attached hydrogens (primary N) is 1. The lowest BCUT2D eigenvalue weighted by molar-refractivity contribution is 0.817. The molecular weight excluding hydrogens is 184 g/mol. The lowest BCUT2D eigenvalue weighted by Gasteiger charge is -2.26. The van der Waals surface area contributed by atoms with Gasteiger partial charge in [-0.05, 0) is 37.5 Å². The predicted molar refractivity (Wildman–Crippen MR) is 68.5 cm³/mol. The molecule has 0 spiro atoms. The maximum absolute atomic E-state index is 5.85. The highest BCUT2D eigenvalue weighted by molar-refractivity contribution is 5.62. The Balaban J connectivity index is 3.16. The molecule has 0 aromatic heterocycles. The van der Waals surface area contributed by atoms with Gasteiger partial charge in [0.1, 0.15) is 0 Å². The summed E-state index contributed by atoms with van der Waals surface area (Å²) < 4.78 is 0. The van der Waals surface area contributed by atoms with Crippen LogP contribution < -0.4 is 10.6 Å². The standard InChI is InChI=1S/C13H22N2/c1-5-15(6-2)13-9-11(14)7-8-12(13)10(3)4/h7-10H,5-6,14H2,1-4H3. The summed E-state index contributed by atoms with van der Waals surface area (Å²) >= 11 is 0. The van der Waals surface area contributed by atoms with Crippen molar-refractivity contribution in [2.45, 2.75) is 33.6 Å². The van der Waals surface area contributed by atoms with E-state index in [4.69, 9.17) is 5.73 Å². The Hall–Kier alpha value is -1.18. The molecule has 0 fully saturated rings. The molecule has 0 unspecified atom stereocenters. The van der Waals surface area contributed by atoms with Crippen LogP contribution in [0.4, 0.5) is 11.4 Å². The van der Waals surface area contributed by atoms with E-state index in [9.17, 15) is 0 Å². The van der Waals surface area contributed by atoms with E-state index < -0.39 is 0 Å². The van der Waals surface area contributed by atoms with Crippen LogP contribution >= 0.6 is 0 Å². The van der Waals surface area contributed by atoms with Gasteiger partial charge in [0.15, 0.2) is 0 Å². The first-order valence-electron chi connectivity index (χ1n) is 5.74. The molecule has 0 heterocycles. The fourth-order valence-electron chi connectivity index (χ4n) is 1.89. The molecule has 0 saturated carbocycles. The molecule has 2 heteroatoms. The molecule has 2 N–H and O–H groups in total. The average molecular weight is 206 g/mol. The molecule has 0 aliphatic heterocycles. The SMILES string of the molecule is CCN(CC)c1cc(N)ccc1C(C)C. The van der Waals surface area contributed by atoms with E-state index in [1.54, 1.807) is 0 Å². The largest absolute Gasteiger partial charge is 0.399 e. The quantitative estimate of drug-likeness (QED) is 0.766. The van der Waals surface area contributed by atoms with Gasteiger partial charge in [-0.2, -0.15) is 0 Å². The highest BCUT2D eigenvalue weighted by Crippen LogP contribution is 2.29. The minimum absolute atomic E-state index is 0.543. The smallest absolute Gasteiger partial charge is 0.0421 e. The van der Waals surface area contributed by atoms with Crippen molar-refractivity contribution in [3.63, 3.8) is 0 Å². The zero-order valence-corrected chi connectivity index (χ0v) is 10.2. The molecule has 0 aliphatic rings. The fraction of sp³-hybridized carbons (Fsp3) is 0.538. The van der Waals surface area contributed by atoms with Crippen molar-refractivity contribution < 1.29 is 0 Å². The summed E-state index contributed by atoms with van der Waals surface area (Å²) in [6.07, 6.45) is 0. The minimum atomic E-state index is 0.543. The van der Waals surface area contributed by atoms with Crippen molar-refractivity contribution in [1.29, 1.82) is 0 Å². The molecule has 1 rings (SSSR count). The summed E-state index contributed by atoms with van der Waals surface area (Å²) in [6, 6.07) is 6.22. The summed E-state index contributed by atoms with van der Waals surface area (Å²) in [6.45, 7) is 10.9. The van der Waals surface area contributed by atoms with Gasteiger partial charge in [0.05, 0.1) is 0 Å². The highest BCUT2D eigenvalue weighted by atomic mass is 15.1. The van der Waals surface area contributed by atoms with Gasteiger partial charge in [0.25, 0.3) is 0 Å². The zero-order valence-electron chi connectivity index (χ0n) is 10.2. The van der Waals surface area contributed by atoms with E-state index in [1.165, 1.54) is 11.3 Å². The van der Waals surface area contributed by atoms with Crippen molar-refractivity contribution in [1.82, 2.24) is 0 Å². The Morgan fingerprint density at radius 1 is 1.20 bits per heavy atom. The monoisotopic (exact) mass is 206 g/mol. The number of benzene rings is 1. The third-order valence-corrected chi connectivity index (χ3v) is 2.78. The maximum Gasteiger partial charge on any atom is 0.0421 e. The van der Waals surface area contributed by atoms with Crippen molar-refractivity contribution >= 4 is 11.4 Å². The van der Waals surface area contributed by atoms with Gasteiger partial charge in [0.2, 0.25) is 0 Å².